The fourth-order valence-electron chi connectivity index (χ4n) is 1.86. The van der Waals surface area contributed by atoms with Crippen LogP contribution < -0.4 is 27.0 Å². The van der Waals surface area contributed by atoms with Gasteiger partial charge in [0.25, 0.3) is 5.56 Å². The van der Waals surface area contributed by atoms with Crippen LogP contribution in [-0.2, 0) is 4.79 Å². The van der Waals surface area contributed by atoms with Crippen molar-refractivity contribution in [1.29, 1.82) is 0 Å². The van der Waals surface area contributed by atoms with Gasteiger partial charge in [0.15, 0.2) is 5.75 Å². The van der Waals surface area contributed by atoms with E-state index in [1.54, 1.807) is 19.1 Å². The molecule has 2 aromatic rings. The van der Waals surface area contributed by atoms with E-state index in [1.165, 1.54) is 18.2 Å². The van der Waals surface area contributed by atoms with E-state index in [2.05, 4.69) is 10.4 Å². The molecular formula is C15H13Cl2N5O4. The van der Waals surface area contributed by atoms with Gasteiger partial charge in [0.1, 0.15) is 18.2 Å². The predicted octanol–water partition coefficient (Wildman–Crippen LogP) is 0.680. The number of rotatable bonds is 6. The van der Waals surface area contributed by atoms with Crippen molar-refractivity contribution in [3.63, 3.8) is 0 Å². The molecule has 0 saturated carbocycles. The molecule has 1 aromatic heterocycles. The van der Waals surface area contributed by atoms with Crippen LogP contribution >= 0.6 is 23.2 Å². The van der Waals surface area contributed by atoms with Crippen molar-refractivity contribution in [3.05, 3.63) is 60.9 Å². The molecule has 0 bridgehead atoms. The number of likely N-dealkylation sites (N-methyl/N-ethyl adjacent to an activating group) is 1. The van der Waals surface area contributed by atoms with Gasteiger partial charge < -0.3 is 15.8 Å². The number of hydrogen-bond acceptors (Lipinski definition) is 7. The predicted molar refractivity (Wildman–Crippen MR) is 97.8 cm³/mol. The molecule has 0 atom stereocenters. The zero-order chi connectivity index (χ0) is 19.3. The van der Waals surface area contributed by atoms with Crippen LogP contribution in [-0.4, -0.2) is 34.4 Å². The Morgan fingerprint density at radius 2 is 2.08 bits per heavy atom. The minimum absolute atomic E-state index is 0.0788. The van der Waals surface area contributed by atoms with Crippen LogP contribution in [0.5, 0.6) is 5.75 Å². The van der Waals surface area contributed by atoms with Gasteiger partial charge >= 0.3 is 5.69 Å². The molecule has 0 amide bonds. The van der Waals surface area contributed by atoms with Crippen molar-refractivity contribution in [1.82, 2.24) is 20.1 Å². The number of ether oxygens (including phenoxy) is 1. The number of aromatic amines is 1. The van der Waals surface area contributed by atoms with E-state index in [9.17, 15) is 14.4 Å². The third-order valence-corrected chi connectivity index (χ3v) is 3.63. The Kier molecular flexibility index (Phi) is 6.24. The number of nitrogens with one attached hydrogen (secondary N) is 2. The summed E-state index contributed by atoms with van der Waals surface area (Å²) in [5.41, 5.74) is 4.27. The Hall–Kier alpha value is -3.00. The molecule has 4 N–H and O–H groups in total. The Bertz CT molecular complexity index is 998. The number of benzene rings is 1. The second-order valence-electron chi connectivity index (χ2n) is 4.77. The molecule has 0 spiro atoms. The maximum Gasteiger partial charge on any atom is 0.349 e. The highest BCUT2D eigenvalue weighted by Crippen LogP contribution is 2.35. The molecule has 0 unspecified atom stereocenters. The molecule has 0 aliphatic carbocycles. The number of nitrogens with two attached hydrogens (primary N) is 1. The molecule has 11 heteroatoms. The fourth-order valence-corrected chi connectivity index (χ4v) is 2.44. The Balaban J connectivity index is 2.29. The van der Waals surface area contributed by atoms with Gasteiger partial charge in [-0.3, -0.25) is 9.78 Å². The zero-order valence-electron chi connectivity index (χ0n) is 13.4. The van der Waals surface area contributed by atoms with Crippen LogP contribution in [0.2, 0.25) is 10.0 Å². The molecule has 26 heavy (non-hydrogen) atoms. The van der Waals surface area contributed by atoms with E-state index in [-0.39, 0.29) is 39.6 Å². The third kappa shape index (κ3) is 4.34. The van der Waals surface area contributed by atoms with E-state index in [4.69, 9.17) is 33.7 Å². The van der Waals surface area contributed by atoms with E-state index >= 15 is 0 Å². The minimum atomic E-state index is -0.798. The number of aromatic nitrogens is 3. The molecule has 136 valence electrons. The number of H-pyrrole nitrogens is 1. The van der Waals surface area contributed by atoms with Crippen molar-refractivity contribution in [2.24, 2.45) is 0 Å². The maximum atomic E-state index is 11.9. The van der Waals surface area contributed by atoms with E-state index < -0.39 is 11.2 Å². The molecule has 0 fully saturated rings. The summed E-state index contributed by atoms with van der Waals surface area (Å²) in [5.74, 6) is 1.49. The number of nitrogens with zero attached hydrogens (tertiary/aromatic N) is 2. The molecule has 0 aliphatic rings. The van der Waals surface area contributed by atoms with Crippen LogP contribution in [0.15, 0.2) is 39.6 Å². The van der Waals surface area contributed by atoms with Gasteiger partial charge in [-0.05, 0) is 24.3 Å². The summed E-state index contributed by atoms with van der Waals surface area (Å²) in [5, 5.41) is 6.55. The van der Waals surface area contributed by atoms with Gasteiger partial charge in [0, 0.05) is 7.05 Å². The van der Waals surface area contributed by atoms with Crippen molar-refractivity contribution >= 4 is 35.0 Å². The average molecular weight is 398 g/mol. The number of carbonyl (C=O) groups excluding carboxylic acids is 1. The first-order chi connectivity index (χ1) is 12.4. The lowest BCUT2D eigenvalue weighted by Gasteiger charge is -2.11. The molecule has 2 rings (SSSR count). The van der Waals surface area contributed by atoms with Crippen molar-refractivity contribution in [3.8, 4) is 11.4 Å². The Morgan fingerprint density at radius 3 is 2.65 bits per heavy atom. The number of allylic oxidation sites excluding steroid dienone is 1. The normalized spacial score (nSPS) is 10.6. The van der Waals surface area contributed by atoms with Gasteiger partial charge in [-0.2, -0.15) is 4.68 Å². The Labute approximate surface area is 156 Å². The zero-order valence-corrected chi connectivity index (χ0v) is 14.9. The molecule has 1 heterocycles. The number of anilines is 1. The SMILES string of the molecule is CNC(=C=O)/C=C\COc1c(Cl)cc(-n2nc(N)c(=O)[nH]c2=O)cc1Cl. The fraction of sp³-hybridized carbons (Fsp3) is 0.133. The molecule has 0 aliphatic heterocycles. The van der Waals surface area contributed by atoms with E-state index in [0.29, 0.717) is 0 Å². The van der Waals surface area contributed by atoms with Crippen LogP contribution in [0.25, 0.3) is 5.69 Å². The molecule has 0 radical (unpaired) electrons. The lowest BCUT2D eigenvalue weighted by atomic mass is 10.3. The second kappa shape index (κ2) is 8.39. The molecular weight excluding hydrogens is 385 g/mol. The van der Waals surface area contributed by atoms with E-state index in [0.717, 1.165) is 4.68 Å². The van der Waals surface area contributed by atoms with Crippen LogP contribution in [0.1, 0.15) is 0 Å². The van der Waals surface area contributed by atoms with Crippen LogP contribution in [0.3, 0.4) is 0 Å². The van der Waals surface area contributed by atoms with E-state index in [1.807, 2.05) is 4.98 Å². The summed E-state index contributed by atoms with van der Waals surface area (Å²) in [7, 11) is 1.58. The summed E-state index contributed by atoms with van der Waals surface area (Å²) in [6.07, 6.45) is 3.04. The highest BCUT2D eigenvalue weighted by atomic mass is 35.5. The highest BCUT2D eigenvalue weighted by molar-refractivity contribution is 6.37. The summed E-state index contributed by atoms with van der Waals surface area (Å²) in [6.45, 7) is 0.0788. The van der Waals surface area contributed by atoms with Gasteiger partial charge in [-0.1, -0.05) is 23.2 Å². The quantitative estimate of drug-likeness (QED) is 0.482. The van der Waals surface area contributed by atoms with Crippen LogP contribution in [0, 0.1) is 0 Å². The minimum Gasteiger partial charge on any atom is -0.486 e. The lowest BCUT2D eigenvalue weighted by molar-refractivity contribution is 0.363. The Morgan fingerprint density at radius 1 is 1.42 bits per heavy atom. The van der Waals surface area contributed by atoms with Gasteiger partial charge in [0.2, 0.25) is 5.82 Å². The summed E-state index contributed by atoms with van der Waals surface area (Å²) < 4.78 is 6.31. The average Bonchev–Trinajstić information content (AvgIpc) is 2.60. The number of hydrogen-bond donors (Lipinski definition) is 3. The summed E-state index contributed by atoms with van der Waals surface area (Å²) in [6, 6.07) is 2.76. The van der Waals surface area contributed by atoms with Gasteiger partial charge in [0.05, 0.1) is 15.7 Å². The largest absolute Gasteiger partial charge is 0.486 e. The maximum absolute atomic E-state index is 11.9. The summed E-state index contributed by atoms with van der Waals surface area (Å²) >= 11 is 12.3. The third-order valence-electron chi connectivity index (χ3n) is 3.07. The standard InChI is InChI=1S/C15H13Cl2N5O4/c1-19-8(7-23)3-2-4-26-12-10(16)5-9(6-11(12)17)22-15(25)20-14(24)13(18)21-22/h2-3,5-6,19H,4H2,1H3,(H2,18,21)(H,20,24,25)/b3-2-. The molecule has 9 nitrogen and oxygen atoms in total. The first-order valence-corrected chi connectivity index (χ1v) is 7.83. The first-order valence-electron chi connectivity index (χ1n) is 7.08. The topological polar surface area (TPSA) is 132 Å². The molecule has 1 aromatic carbocycles. The van der Waals surface area contributed by atoms with Gasteiger partial charge in [-0.15, -0.1) is 5.10 Å². The first kappa shape index (κ1) is 19.3. The highest BCUT2D eigenvalue weighted by Gasteiger charge is 2.13. The van der Waals surface area contributed by atoms with Crippen molar-refractivity contribution < 1.29 is 9.53 Å². The second-order valence-corrected chi connectivity index (χ2v) is 5.59. The molecule has 0 saturated heterocycles. The monoisotopic (exact) mass is 397 g/mol. The number of nitrogen functional groups attached to an aromatic ring is 1. The lowest BCUT2D eigenvalue weighted by Crippen LogP contribution is -2.33. The van der Waals surface area contributed by atoms with Crippen molar-refractivity contribution in [2.45, 2.75) is 0 Å². The van der Waals surface area contributed by atoms with Crippen molar-refractivity contribution in [2.75, 3.05) is 19.4 Å². The van der Waals surface area contributed by atoms with Crippen LogP contribution in [0.4, 0.5) is 5.82 Å². The number of halogens is 2. The van der Waals surface area contributed by atoms with Gasteiger partial charge in [-0.25, -0.2) is 9.59 Å². The smallest absolute Gasteiger partial charge is 0.349 e. The summed E-state index contributed by atoms with van der Waals surface area (Å²) in [4.78, 5) is 35.7.